The van der Waals surface area contributed by atoms with Gasteiger partial charge in [-0.1, -0.05) is 72.8 Å². The minimum absolute atomic E-state index is 0.401. The van der Waals surface area contributed by atoms with E-state index in [1.807, 2.05) is 66.7 Å². The monoisotopic (exact) mass is 430 g/mol. The normalized spacial score (nSPS) is 19.1. The highest BCUT2D eigenvalue weighted by Crippen LogP contribution is 2.30. The molecule has 1 heterocycles. The molecule has 7 nitrogen and oxygen atoms in total. The fraction of sp³-hybridized carbons (Fsp3) is 0.240. The molecule has 1 aliphatic carbocycles. The van der Waals surface area contributed by atoms with Gasteiger partial charge in [-0.15, -0.1) is 0 Å². The van der Waals surface area contributed by atoms with Crippen molar-refractivity contribution in [1.82, 2.24) is 9.91 Å². The minimum Gasteiger partial charge on any atom is -0.441 e. The van der Waals surface area contributed by atoms with Crippen molar-refractivity contribution in [3.05, 3.63) is 95.2 Å². The van der Waals surface area contributed by atoms with Crippen LogP contribution in [0, 0.1) is 0 Å². The number of fused-ring (bicyclic) bond motifs is 1. The molecule has 0 saturated heterocycles. The Morgan fingerprint density at radius 3 is 2.41 bits per heavy atom. The lowest BCUT2D eigenvalue weighted by molar-refractivity contribution is -0.133. The van der Waals surface area contributed by atoms with Crippen LogP contribution >= 0.6 is 0 Å². The summed E-state index contributed by atoms with van der Waals surface area (Å²) in [5, 5.41) is 0.777. The first kappa shape index (κ1) is 21.5. The molecule has 2 unspecified atom stereocenters. The average molecular weight is 431 g/mol. The summed E-state index contributed by atoms with van der Waals surface area (Å²) in [6.45, 7) is 1.75. The van der Waals surface area contributed by atoms with E-state index >= 15 is 0 Å². The molecule has 0 saturated carbocycles. The standard InChI is InChI=1S/C25H26N4O3/c1-17(18-11-5-3-6-12-18)32-25(31)29(26)23-24(30)28(2)21-16-10-9-15-20(21)22(27-23)19-13-7-4-8-14-19/h3-8,11-17,23H,9-10,26H2,1-2H3. The summed E-state index contributed by atoms with van der Waals surface area (Å²) in [4.78, 5) is 32.4. The summed E-state index contributed by atoms with van der Waals surface area (Å²) in [5.41, 5.74) is 3.93. The predicted molar refractivity (Wildman–Crippen MR) is 122 cm³/mol. The van der Waals surface area contributed by atoms with Crippen LogP contribution in [0.5, 0.6) is 0 Å². The van der Waals surface area contributed by atoms with Gasteiger partial charge in [0.15, 0.2) is 0 Å². The van der Waals surface area contributed by atoms with Gasteiger partial charge in [0.05, 0.1) is 5.71 Å². The zero-order valence-corrected chi connectivity index (χ0v) is 18.1. The van der Waals surface area contributed by atoms with Crippen molar-refractivity contribution in [2.45, 2.75) is 32.0 Å². The van der Waals surface area contributed by atoms with Crippen LogP contribution in [0.25, 0.3) is 0 Å². The summed E-state index contributed by atoms with van der Waals surface area (Å²) in [6.07, 6.45) is 3.16. The number of rotatable bonds is 4. The van der Waals surface area contributed by atoms with Crippen molar-refractivity contribution in [3.63, 3.8) is 0 Å². The summed E-state index contributed by atoms with van der Waals surface area (Å²) < 4.78 is 5.53. The lowest BCUT2D eigenvalue weighted by atomic mass is 9.94. The number of likely N-dealkylation sites (N-methyl/N-ethyl adjacent to an activating group) is 1. The van der Waals surface area contributed by atoms with Crippen LogP contribution in [0.4, 0.5) is 4.79 Å². The maximum atomic E-state index is 13.3. The molecule has 0 bridgehead atoms. The van der Waals surface area contributed by atoms with Gasteiger partial charge in [-0.3, -0.25) is 4.79 Å². The second-order valence-electron chi connectivity index (χ2n) is 7.74. The second kappa shape index (κ2) is 9.20. The number of aliphatic imine (C=N–C) groups is 1. The Hall–Kier alpha value is -3.71. The third-order valence-corrected chi connectivity index (χ3v) is 5.62. The Morgan fingerprint density at radius 1 is 1.09 bits per heavy atom. The van der Waals surface area contributed by atoms with Crippen LogP contribution in [0.3, 0.4) is 0 Å². The molecule has 0 spiro atoms. The third kappa shape index (κ3) is 4.20. The molecule has 0 radical (unpaired) electrons. The Labute approximate surface area is 187 Å². The highest BCUT2D eigenvalue weighted by molar-refractivity contribution is 6.17. The van der Waals surface area contributed by atoms with Crippen LogP contribution in [0.2, 0.25) is 0 Å². The van der Waals surface area contributed by atoms with Crippen LogP contribution in [0.15, 0.2) is 89.1 Å². The van der Waals surface area contributed by atoms with Gasteiger partial charge in [0, 0.05) is 23.9 Å². The van der Waals surface area contributed by atoms with Crippen molar-refractivity contribution in [2.75, 3.05) is 7.05 Å². The maximum Gasteiger partial charge on any atom is 0.427 e. The number of hydrogen-bond donors (Lipinski definition) is 1. The van der Waals surface area contributed by atoms with E-state index in [2.05, 4.69) is 11.1 Å². The Bertz CT molecular complexity index is 1090. The van der Waals surface area contributed by atoms with E-state index in [1.165, 1.54) is 4.90 Å². The summed E-state index contributed by atoms with van der Waals surface area (Å²) in [5.74, 6) is 5.73. The molecular formula is C25H26N4O3. The van der Waals surface area contributed by atoms with Crippen molar-refractivity contribution in [2.24, 2.45) is 10.8 Å². The Kier molecular flexibility index (Phi) is 6.18. The number of amides is 2. The fourth-order valence-corrected chi connectivity index (χ4v) is 3.85. The lowest BCUT2D eigenvalue weighted by Crippen LogP contribution is -2.52. The van der Waals surface area contributed by atoms with E-state index in [1.54, 1.807) is 14.0 Å². The van der Waals surface area contributed by atoms with E-state index in [9.17, 15) is 9.59 Å². The van der Waals surface area contributed by atoms with E-state index in [0.29, 0.717) is 5.71 Å². The average Bonchev–Trinajstić information content (AvgIpc) is 2.95. The number of benzene rings is 2. The predicted octanol–water partition coefficient (Wildman–Crippen LogP) is 3.95. The van der Waals surface area contributed by atoms with Gasteiger partial charge in [-0.25, -0.2) is 20.6 Å². The van der Waals surface area contributed by atoms with Crippen LogP contribution in [-0.4, -0.2) is 40.8 Å². The quantitative estimate of drug-likeness (QED) is 0.452. The van der Waals surface area contributed by atoms with E-state index in [-0.39, 0.29) is 0 Å². The molecule has 2 amide bonds. The van der Waals surface area contributed by atoms with Gasteiger partial charge in [0.2, 0.25) is 6.17 Å². The molecule has 32 heavy (non-hydrogen) atoms. The number of nitrogens with zero attached hydrogens (tertiary/aromatic N) is 3. The molecular weight excluding hydrogens is 404 g/mol. The number of carbonyl (C=O) groups is 2. The van der Waals surface area contributed by atoms with Gasteiger partial charge >= 0.3 is 6.09 Å². The van der Waals surface area contributed by atoms with Crippen molar-refractivity contribution in [1.29, 1.82) is 0 Å². The van der Waals surface area contributed by atoms with Crippen LogP contribution in [0.1, 0.15) is 37.0 Å². The molecule has 2 atom stereocenters. The fourth-order valence-electron chi connectivity index (χ4n) is 3.85. The summed E-state index contributed by atoms with van der Waals surface area (Å²) >= 11 is 0. The van der Waals surface area contributed by atoms with E-state index in [0.717, 1.165) is 40.2 Å². The topological polar surface area (TPSA) is 88.2 Å². The molecule has 2 aliphatic rings. The number of carbonyl (C=O) groups excluding carboxylic acids is 2. The zero-order chi connectivity index (χ0) is 22.7. The Balaban J connectivity index is 1.68. The van der Waals surface area contributed by atoms with Gasteiger partial charge in [-0.05, 0) is 25.3 Å². The number of allylic oxidation sites excluding steroid dienone is 3. The number of ether oxygens (including phenoxy) is 1. The largest absolute Gasteiger partial charge is 0.441 e. The summed E-state index contributed by atoms with van der Waals surface area (Å²) in [6, 6.07) is 18.9. The molecule has 7 heteroatoms. The molecule has 164 valence electrons. The van der Waals surface area contributed by atoms with Gasteiger partial charge in [0.1, 0.15) is 6.10 Å². The molecule has 0 aromatic heterocycles. The number of nitrogens with two attached hydrogens (primary N) is 1. The lowest BCUT2D eigenvalue weighted by Gasteiger charge is -2.27. The minimum atomic E-state index is -1.25. The molecule has 2 aromatic rings. The molecule has 1 aliphatic heterocycles. The first-order valence-corrected chi connectivity index (χ1v) is 10.6. The SMILES string of the molecule is CC(OC(=O)N(N)C1N=C(c2ccccc2)C2=CCCC=C2N(C)C1=O)c1ccccc1. The highest BCUT2D eigenvalue weighted by Gasteiger charge is 2.37. The van der Waals surface area contributed by atoms with Gasteiger partial charge < -0.3 is 9.64 Å². The summed E-state index contributed by atoms with van der Waals surface area (Å²) in [7, 11) is 1.68. The zero-order valence-electron chi connectivity index (χ0n) is 18.1. The van der Waals surface area contributed by atoms with Crippen molar-refractivity contribution < 1.29 is 14.3 Å². The smallest absolute Gasteiger partial charge is 0.427 e. The maximum absolute atomic E-state index is 13.3. The van der Waals surface area contributed by atoms with E-state index in [4.69, 9.17) is 10.6 Å². The van der Waals surface area contributed by atoms with Gasteiger partial charge in [-0.2, -0.15) is 0 Å². The van der Waals surface area contributed by atoms with Crippen LogP contribution in [-0.2, 0) is 9.53 Å². The van der Waals surface area contributed by atoms with Gasteiger partial charge in [0.25, 0.3) is 5.91 Å². The Morgan fingerprint density at radius 2 is 1.72 bits per heavy atom. The molecule has 2 N–H and O–H groups in total. The van der Waals surface area contributed by atoms with E-state index < -0.39 is 24.3 Å². The second-order valence-corrected chi connectivity index (χ2v) is 7.74. The molecule has 2 aromatic carbocycles. The first-order chi connectivity index (χ1) is 15.5. The number of hydrazine groups is 1. The van der Waals surface area contributed by atoms with Crippen molar-refractivity contribution >= 4 is 17.7 Å². The highest BCUT2D eigenvalue weighted by atomic mass is 16.6. The first-order valence-electron chi connectivity index (χ1n) is 10.6. The molecule has 4 rings (SSSR count). The molecule has 0 fully saturated rings. The third-order valence-electron chi connectivity index (χ3n) is 5.62. The van der Waals surface area contributed by atoms with Crippen LogP contribution < -0.4 is 5.84 Å². The number of hydrogen-bond acceptors (Lipinski definition) is 5. The van der Waals surface area contributed by atoms with Crippen molar-refractivity contribution in [3.8, 4) is 0 Å².